The van der Waals surface area contributed by atoms with Gasteiger partial charge in [0.2, 0.25) is 0 Å². The molecule has 4 nitrogen and oxygen atoms in total. The largest absolute Gasteiger partial charge is 0.487 e. The van der Waals surface area contributed by atoms with Crippen molar-refractivity contribution < 1.29 is 18.3 Å². The molecule has 0 heterocycles. The van der Waals surface area contributed by atoms with Gasteiger partial charge in [-0.15, -0.1) is 0 Å². The van der Waals surface area contributed by atoms with E-state index in [4.69, 9.17) is 4.74 Å². The van der Waals surface area contributed by atoms with Gasteiger partial charge in [0.1, 0.15) is 12.4 Å². The van der Waals surface area contributed by atoms with Crippen LogP contribution in [0.1, 0.15) is 11.1 Å². The fraction of sp³-hybridized carbons (Fsp3) is 0.235. The number of nitrogens with one attached hydrogen (secondary N) is 2. The van der Waals surface area contributed by atoms with E-state index < -0.39 is 13.0 Å². The molecule has 0 aliphatic heterocycles. The van der Waals surface area contributed by atoms with Crippen molar-refractivity contribution in [2.24, 2.45) is 0 Å². The first-order valence-electron chi connectivity index (χ1n) is 7.15. The van der Waals surface area contributed by atoms with Gasteiger partial charge in [0.25, 0.3) is 6.43 Å². The molecule has 2 rings (SSSR count). The van der Waals surface area contributed by atoms with Gasteiger partial charge in [0, 0.05) is 18.3 Å². The third-order valence-corrected chi connectivity index (χ3v) is 3.11. The Morgan fingerprint density at radius 3 is 2.61 bits per heavy atom. The fourth-order valence-electron chi connectivity index (χ4n) is 1.94. The average Bonchev–Trinajstić information content (AvgIpc) is 2.54. The second-order valence-corrected chi connectivity index (χ2v) is 4.98. The summed E-state index contributed by atoms with van der Waals surface area (Å²) in [6, 6.07) is 14.0. The van der Waals surface area contributed by atoms with Gasteiger partial charge in [-0.3, -0.25) is 0 Å². The van der Waals surface area contributed by atoms with Gasteiger partial charge in [-0.25, -0.2) is 13.6 Å². The molecule has 0 atom stereocenters. The first-order chi connectivity index (χ1) is 11.0. The Morgan fingerprint density at radius 2 is 1.91 bits per heavy atom. The van der Waals surface area contributed by atoms with E-state index in [9.17, 15) is 13.6 Å². The highest BCUT2D eigenvalue weighted by Crippen LogP contribution is 2.23. The molecule has 0 saturated heterocycles. The molecule has 0 unspecified atom stereocenters. The number of ether oxygens (including phenoxy) is 1. The van der Waals surface area contributed by atoms with Gasteiger partial charge >= 0.3 is 6.03 Å². The maximum absolute atomic E-state index is 12.2. The summed E-state index contributed by atoms with van der Waals surface area (Å²) in [5, 5.41) is 5.37. The SMILES string of the molecule is Cc1ccc(NC(=O)NCc2ccccc2)cc1OCC(F)F. The number of hydrogen-bond acceptors (Lipinski definition) is 2. The smallest absolute Gasteiger partial charge is 0.319 e. The van der Waals surface area contributed by atoms with Crippen LogP contribution in [0.5, 0.6) is 5.75 Å². The zero-order valence-electron chi connectivity index (χ0n) is 12.7. The van der Waals surface area contributed by atoms with Gasteiger partial charge in [-0.05, 0) is 24.1 Å². The number of urea groups is 1. The Hall–Kier alpha value is -2.63. The zero-order valence-corrected chi connectivity index (χ0v) is 12.7. The van der Waals surface area contributed by atoms with Gasteiger partial charge < -0.3 is 15.4 Å². The molecule has 0 spiro atoms. The lowest BCUT2D eigenvalue weighted by molar-refractivity contribution is 0.0816. The molecule has 0 fully saturated rings. The van der Waals surface area contributed by atoms with Crippen molar-refractivity contribution in [3.05, 3.63) is 59.7 Å². The van der Waals surface area contributed by atoms with Crippen molar-refractivity contribution in [3.8, 4) is 5.75 Å². The van der Waals surface area contributed by atoms with Crippen LogP contribution in [0.3, 0.4) is 0 Å². The van der Waals surface area contributed by atoms with Crippen LogP contribution < -0.4 is 15.4 Å². The number of alkyl halides is 2. The minimum atomic E-state index is -2.54. The molecule has 0 aliphatic rings. The van der Waals surface area contributed by atoms with E-state index >= 15 is 0 Å². The number of carbonyl (C=O) groups excluding carboxylic acids is 1. The predicted molar refractivity (Wildman–Crippen MR) is 85.0 cm³/mol. The third kappa shape index (κ3) is 5.58. The minimum absolute atomic E-state index is 0.325. The Balaban J connectivity index is 1.91. The van der Waals surface area contributed by atoms with Crippen LogP contribution in [0.25, 0.3) is 0 Å². The molecule has 0 radical (unpaired) electrons. The molecule has 23 heavy (non-hydrogen) atoms. The summed E-state index contributed by atoms with van der Waals surface area (Å²) in [5.41, 5.74) is 2.18. The number of amides is 2. The Labute approximate surface area is 133 Å². The van der Waals surface area contributed by atoms with Crippen molar-refractivity contribution in [3.63, 3.8) is 0 Å². The standard InChI is InChI=1S/C17H18F2N2O2/c1-12-7-8-14(9-15(12)23-11-16(18)19)21-17(22)20-10-13-5-3-2-4-6-13/h2-9,16H,10-11H2,1H3,(H2,20,21,22). The van der Waals surface area contributed by atoms with Gasteiger partial charge in [0.05, 0.1) is 0 Å². The van der Waals surface area contributed by atoms with Crippen LogP contribution in [-0.2, 0) is 6.54 Å². The molecule has 2 aromatic rings. The topological polar surface area (TPSA) is 50.4 Å². The van der Waals surface area contributed by atoms with E-state index in [0.717, 1.165) is 11.1 Å². The number of aryl methyl sites for hydroxylation is 1. The second kappa shape index (κ2) is 8.12. The Kier molecular flexibility index (Phi) is 5.91. The highest BCUT2D eigenvalue weighted by Gasteiger charge is 2.08. The summed E-state index contributed by atoms with van der Waals surface area (Å²) < 4.78 is 29.5. The number of halogens is 2. The maximum atomic E-state index is 12.2. The lowest BCUT2D eigenvalue weighted by atomic mass is 10.2. The van der Waals surface area contributed by atoms with Crippen LogP contribution >= 0.6 is 0 Å². The minimum Gasteiger partial charge on any atom is -0.487 e. The summed E-state index contributed by atoms with van der Waals surface area (Å²) in [6.45, 7) is 1.47. The molecule has 122 valence electrons. The number of benzene rings is 2. The second-order valence-electron chi connectivity index (χ2n) is 4.98. The Bertz CT molecular complexity index is 648. The third-order valence-electron chi connectivity index (χ3n) is 3.11. The monoisotopic (exact) mass is 320 g/mol. The molecule has 0 aromatic heterocycles. The quantitative estimate of drug-likeness (QED) is 0.846. The Morgan fingerprint density at radius 1 is 1.17 bits per heavy atom. The van der Waals surface area contributed by atoms with Gasteiger partial charge in [-0.1, -0.05) is 36.4 Å². The summed E-state index contributed by atoms with van der Waals surface area (Å²) in [7, 11) is 0. The lowest BCUT2D eigenvalue weighted by Gasteiger charge is -2.12. The van der Waals surface area contributed by atoms with E-state index in [2.05, 4.69) is 10.6 Å². The maximum Gasteiger partial charge on any atom is 0.319 e. The van der Waals surface area contributed by atoms with Crippen LogP contribution in [-0.4, -0.2) is 19.1 Å². The van der Waals surface area contributed by atoms with Crippen molar-refractivity contribution in [2.75, 3.05) is 11.9 Å². The van der Waals surface area contributed by atoms with Crippen LogP contribution in [0.4, 0.5) is 19.3 Å². The normalized spacial score (nSPS) is 10.4. The number of rotatable bonds is 6. The van der Waals surface area contributed by atoms with E-state index in [0.29, 0.717) is 18.0 Å². The highest BCUT2D eigenvalue weighted by molar-refractivity contribution is 5.89. The molecule has 0 aliphatic carbocycles. The molecule has 2 amide bonds. The molecule has 2 N–H and O–H groups in total. The molecule has 2 aromatic carbocycles. The summed E-state index contributed by atoms with van der Waals surface area (Å²) in [4.78, 5) is 11.9. The predicted octanol–water partition coefficient (Wildman–Crippen LogP) is 3.96. The van der Waals surface area contributed by atoms with E-state index in [1.807, 2.05) is 30.3 Å². The lowest BCUT2D eigenvalue weighted by Crippen LogP contribution is -2.28. The molecule has 0 saturated carbocycles. The van der Waals surface area contributed by atoms with Crippen molar-refractivity contribution >= 4 is 11.7 Å². The molecule has 0 bridgehead atoms. The first-order valence-corrected chi connectivity index (χ1v) is 7.15. The van der Waals surface area contributed by atoms with E-state index in [1.54, 1.807) is 19.1 Å². The van der Waals surface area contributed by atoms with E-state index in [1.165, 1.54) is 6.07 Å². The van der Waals surface area contributed by atoms with Crippen molar-refractivity contribution in [1.82, 2.24) is 5.32 Å². The van der Waals surface area contributed by atoms with Gasteiger partial charge in [-0.2, -0.15) is 0 Å². The van der Waals surface area contributed by atoms with Crippen molar-refractivity contribution in [2.45, 2.75) is 19.9 Å². The zero-order chi connectivity index (χ0) is 16.7. The van der Waals surface area contributed by atoms with E-state index in [-0.39, 0.29) is 6.03 Å². The van der Waals surface area contributed by atoms with Crippen LogP contribution in [0.2, 0.25) is 0 Å². The molecule has 6 heteroatoms. The number of hydrogen-bond donors (Lipinski definition) is 2. The molecular formula is C17H18F2N2O2. The highest BCUT2D eigenvalue weighted by atomic mass is 19.3. The first kappa shape index (κ1) is 16.7. The molecular weight excluding hydrogens is 302 g/mol. The van der Waals surface area contributed by atoms with Crippen LogP contribution in [0.15, 0.2) is 48.5 Å². The number of carbonyl (C=O) groups is 1. The summed E-state index contributed by atoms with van der Waals surface area (Å²) in [6.07, 6.45) is -2.54. The van der Waals surface area contributed by atoms with Crippen LogP contribution in [0, 0.1) is 6.92 Å². The fourth-order valence-corrected chi connectivity index (χ4v) is 1.94. The van der Waals surface area contributed by atoms with Crippen molar-refractivity contribution in [1.29, 1.82) is 0 Å². The summed E-state index contributed by atoms with van der Waals surface area (Å²) >= 11 is 0. The van der Waals surface area contributed by atoms with Gasteiger partial charge in [0.15, 0.2) is 0 Å². The summed E-state index contributed by atoms with van der Waals surface area (Å²) in [5.74, 6) is 0.325. The average molecular weight is 320 g/mol. The number of anilines is 1.